The van der Waals surface area contributed by atoms with E-state index in [0.29, 0.717) is 30.2 Å². The molecule has 146 valence electrons. The summed E-state index contributed by atoms with van der Waals surface area (Å²) in [6.45, 7) is 4.26. The van der Waals surface area contributed by atoms with Gasteiger partial charge in [0.25, 0.3) is 5.91 Å². The van der Waals surface area contributed by atoms with Crippen molar-refractivity contribution in [3.05, 3.63) is 47.9 Å². The van der Waals surface area contributed by atoms with Crippen LogP contribution >= 0.6 is 0 Å². The van der Waals surface area contributed by atoms with Crippen LogP contribution in [0, 0.1) is 0 Å². The Bertz CT molecular complexity index is 1010. The number of rotatable bonds is 5. The van der Waals surface area contributed by atoms with Crippen LogP contribution in [0.3, 0.4) is 0 Å². The van der Waals surface area contributed by atoms with Crippen molar-refractivity contribution in [1.29, 1.82) is 0 Å². The predicted octanol–water partition coefficient (Wildman–Crippen LogP) is 3.10. The van der Waals surface area contributed by atoms with E-state index in [0.717, 1.165) is 30.0 Å². The summed E-state index contributed by atoms with van der Waals surface area (Å²) >= 11 is 0. The number of benzene rings is 1. The van der Waals surface area contributed by atoms with Gasteiger partial charge >= 0.3 is 0 Å². The lowest BCUT2D eigenvalue weighted by atomic mass is 10.1. The minimum absolute atomic E-state index is 0.000683. The number of methoxy groups -OCH3 is 2. The van der Waals surface area contributed by atoms with Crippen LogP contribution < -0.4 is 9.47 Å². The van der Waals surface area contributed by atoms with Gasteiger partial charge in [0.05, 0.1) is 14.2 Å². The number of hydrogen-bond acceptors (Lipinski definition) is 5. The van der Waals surface area contributed by atoms with Crippen LogP contribution in [0.25, 0.3) is 11.2 Å². The van der Waals surface area contributed by atoms with E-state index in [2.05, 4.69) is 16.5 Å². The van der Waals surface area contributed by atoms with Crippen LogP contribution in [0.2, 0.25) is 0 Å². The molecule has 3 heterocycles. The fourth-order valence-electron chi connectivity index (χ4n) is 3.91. The smallest absolute Gasteiger partial charge is 0.254 e. The van der Waals surface area contributed by atoms with Crippen molar-refractivity contribution in [3.63, 3.8) is 0 Å². The summed E-state index contributed by atoms with van der Waals surface area (Å²) in [6, 6.07) is 9.17. The first-order valence-corrected chi connectivity index (χ1v) is 9.48. The monoisotopic (exact) mass is 380 g/mol. The molecule has 28 heavy (non-hydrogen) atoms. The fourth-order valence-corrected chi connectivity index (χ4v) is 3.91. The second-order valence-electron chi connectivity index (χ2n) is 6.87. The van der Waals surface area contributed by atoms with Crippen molar-refractivity contribution in [2.45, 2.75) is 25.8 Å². The van der Waals surface area contributed by atoms with Gasteiger partial charge in [-0.2, -0.15) is 0 Å². The maximum atomic E-state index is 13.0. The van der Waals surface area contributed by atoms with Crippen molar-refractivity contribution >= 4 is 17.1 Å². The first kappa shape index (κ1) is 18.3. The molecule has 3 aromatic rings. The van der Waals surface area contributed by atoms with Gasteiger partial charge in [-0.05, 0) is 43.7 Å². The average Bonchev–Trinajstić information content (AvgIpc) is 3.37. The summed E-state index contributed by atoms with van der Waals surface area (Å²) in [7, 11) is 3.15. The van der Waals surface area contributed by atoms with E-state index < -0.39 is 0 Å². The minimum Gasteiger partial charge on any atom is -0.493 e. The summed E-state index contributed by atoms with van der Waals surface area (Å²) in [5, 5.41) is 0. The van der Waals surface area contributed by atoms with Gasteiger partial charge < -0.3 is 18.9 Å². The lowest BCUT2D eigenvalue weighted by Gasteiger charge is -2.18. The van der Waals surface area contributed by atoms with Gasteiger partial charge in [0.15, 0.2) is 17.1 Å². The van der Waals surface area contributed by atoms with E-state index in [1.165, 1.54) is 0 Å². The second-order valence-corrected chi connectivity index (χ2v) is 6.87. The maximum absolute atomic E-state index is 13.0. The molecule has 1 fully saturated rings. The first-order valence-electron chi connectivity index (χ1n) is 9.48. The molecule has 0 bridgehead atoms. The largest absolute Gasteiger partial charge is 0.493 e. The molecule has 1 atom stereocenters. The van der Waals surface area contributed by atoms with Gasteiger partial charge in [-0.15, -0.1) is 0 Å². The van der Waals surface area contributed by atoms with E-state index >= 15 is 0 Å². The van der Waals surface area contributed by atoms with Crippen LogP contribution in [0.1, 0.15) is 35.4 Å². The molecule has 0 aliphatic carbocycles. The highest BCUT2D eigenvalue weighted by Crippen LogP contribution is 2.32. The van der Waals surface area contributed by atoms with Gasteiger partial charge in [-0.3, -0.25) is 4.79 Å². The average molecular weight is 380 g/mol. The van der Waals surface area contributed by atoms with Gasteiger partial charge in [0, 0.05) is 37.3 Å². The van der Waals surface area contributed by atoms with Crippen LogP contribution in [0.4, 0.5) is 0 Å². The molecule has 1 amide bonds. The molecule has 7 heteroatoms. The SMILES string of the molecule is CCn1c([C@H]2CCN(C(=O)c3ccc(OC)c(OC)c3)C2)nc2cccnc21. The number of pyridine rings is 1. The van der Waals surface area contributed by atoms with Gasteiger partial charge in [-0.25, -0.2) is 9.97 Å². The number of likely N-dealkylation sites (tertiary alicyclic amines) is 1. The molecule has 1 saturated heterocycles. The number of carbonyl (C=O) groups is 1. The standard InChI is InChI=1S/C21H24N4O3/c1-4-25-19(23-16-6-5-10-22-20(16)25)15-9-11-24(13-15)21(26)14-7-8-17(27-2)18(12-14)28-3/h5-8,10,12,15H,4,9,11,13H2,1-3H3/t15-/m0/s1. The molecule has 7 nitrogen and oxygen atoms in total. The summed E-state index contributed by atoms with van der Waals surface area (Å²) in [5.41, 5.74) is 2.41. The lowest BCUT2D eigenvalue weighted by molar-refractivity contribution is 0.0790. The summed E-state index contributed by atoms with van der Waals surface area (Å²) in [4.78, 5) is 24.2. The molecule has 1 aliphatic heterocycles. The Morgan fingerprint density at radius 3 is 2.79 bits per heavy atom. The van der Waals surface area contributed by atoms with Gasteiger partial charge in [-0.1, -0.05) is 0 Å². The Balaban J connectivity index is 1.57. The topological polar surface area (TPSA) is 69.5 Å². The van der Waals surface area contributed by atoms with Crippen molar-refractivity contribution in [2.75, 3.05) is 27.3 Å². The summed E-state index contributed by atoms with van der Waals surface area (Å²) in [5.74, 6) is 2.39. The maximum Gasteiger partial charge on any atom is 0.254 e. The highest BCUT2D eigenvalue weighted by Gasteiger charge is 2.31. The molecule has 0 radical (unpaired) electrons. The summed E-state index contributed by atoms with van der Waals surface area (Å²) in [6.07, 6.45) is 2.68. The zero-order chi connectivity index (χ0) is 19.7. The number of aryl methyl sites for hydroxylation is 1. The van der Waals surface area contributed by atoms with Crippen molar-refractivity contribution in [3.8, 4) is 11.5 Å². The third-order valence-electron chi connectivity index (χ3n) is 5.32. The molecule has 0 unspecified atom stereocenters. The molecule has 1 aliphatic rings. The van der Waals surface area contributed by atoms with Gasteiger partial charge in [0.1, 0.15) is 11.3 Å². The Labute approximate surface area is 163 Å². The minimum atomic E-state index is 0.000683. The fraction of sp³-hybridized carbons (Fsp3) is 0.381. The number of hydrogen-bond donors (Lipinski definition) is 0. The number of carbonyl (C=O) groups excluding carboxylic acids is 1. The number of ether oxygens (including phenoxy) is 2. The van der Waals surface area contributed by atoms with Crippen LogP contribution in [0.5, 0.6) is 11.5 Å². The molecule has 4 rings (SSSR count). The van der Waals surface area contributed by atoms with E-state index in [1.807, 2.05) is 17.0 Å². The Morgan fingerprint density at radius 2 is 2.04 bits per heavy atom. The lowest BCUT2D eigenvalue weighted by Crippen LogP contribution is -2.28. The Kier molecular flexibility index (Phi) is 4.90. The van der Waals surface area contributed by atoms with E-state index in [4.69, 9.17) is 14.5 Å². The molecule has 0 N–H and O–H groups in total. The number of imidazole rings is 1. The molecule has 2 aromatic heterocycles. The third kappa shape index (κ3) is 3.06. The van der Waals surface area contributed by atoms with Crippen LogP contribution in [-0.4, -0.2) is 52.7 Å². The molecule has 1 aromatic carbocycles. The molecule has 0 saturated carbocycles. The molecule has 0 spiro atoms. The normalized spacial score (nSPS) is 16.5. The third-order valence-corrected chi connectivity index (χ3v) is 5.32. The number of amides is 1. The van der Waals surface area contributed by atoms with Gasteiger partial charge in [0.2, 0.25) is 0 Å². The summed E-state index contributed by atoms with van der Waals surface area (Å²) < 4.78 is 12.7. The highest BCUT2D eigenvalue weighted by atomic mass is 16.5. The number of fused-ring (bicyclic) bond motifs is 1. The van der Waals surface area contributed by atoms with E-state index in [1.54, 1.807) is 38.6 Å². The Morgan fingerprint density at radius 1 is 1.21 bits per heavy atom. The highest BCUT2D eigenvalue weighted by molar-refractivity contribution is 5.95. The first-order chi connectivity index (χ1) is 13.7. The zero-order valence-corrected chi connectivity index (χ0v) is 16.4. The van der Waals surface area contributed by atoms with Crippen molar-refractivity contribution in [1.82, 2.24) is 19.4 Å². The van der Waals surface area contributed by atoms with Crippen molar-refractivity contribution in [2.24, 2.45) is 0 Å². The van der Waals surface area contributed by atoms with Crippen LogP contribution in [0.15, 0.2) is 36.5 Å². The molecular formula is C21H24N4O3. The van der Waals surface area contributed by atoms with E-state index in [9.17, 15) is 4.79 Å². The predicted molar refractivity (Wildman–Crippen MR) is 106 cm³/mol. The van der Waals surface area contributed by atoms with Crippen molar-refractivity contribution < 1.29 is 14.3 Å². The number of nitrogens with zero attached hydrogens (tertiary/aromatic N) is 4. The second kappa shape index (κ2) is 7.50. The Hall–Kier alpha value is -3.09. The quantitative estimate of drug-likeness (QED) is 0.680. The zero-order valence-electron chi connectivity index (χ0n) is 16.4. The van der Waals surface area contributed by atoms with Crippen LogP contribution in [-0.2, 0) is 6.54 Å². The van der Waals surface area contributed by atoms with E-state index in [-0.39, 0.29) is 11.8 Å². The molecular weight excluding hydrogens is 356 g/mol. The number of aromatic nitrogens is 3.